The molecule has 28 heavy (non-hydrogen) atoms. The van der Waals surface area contributed by atoms with Gasteiger partial charge in [0.25, 0.3) is 0 Å². The first-order chi connectivity index (χ1) is 13.8. The predicted molar refractivity (Wildman–Crippen MR) is 124 cm³/mol. The van der Waals surface area contributed by atoms with Crippen LogP contribution in [0, 0.1) is 0 Å². The van der Waals surface area contributed by atoms with Gasteiger partial charge in [-0.2, -0.15) is 0 Å². The molecular weight excluding hydrogens is 357 g/mol. The molecule has 4 aromatic rings. The maximum absolute atomic E-state index is 3.76. The fraction of sp³-hybridized carbons (Fsp3) is 0.0769. The highest BCUT2D eigenvalue weighted by atomic mass is 31.1. The average molecular weight is 381 g/mol. The van der Waals surface area contributed by atoms with Crippen molar-refractivity contribution < 1.29 is 0 Å². The van der Waals surface area contributed by atoms with E-state index in [0.29, 0.717) is 0 Å². The van der Waals surface area contributed by atoms with Gasteiger partial charge in [-0.1, -0.05) is 109 Å². The van der Waals surface area contributed by atoms with Gasteiger partial charge in [-0.25, -0.2) is 0 Å². The number of benzene rings is 4. The summed E-state index contributed by atoms with van der Waals surface area (Å²) in [6.45, 7) is 2.22. The highest BCUT2D eigenvalue weighted by molar-refractivity contribution is 7.80. The Morgan fingerprint density at radius 3 is 1.61 bits per heavy atom. The van der Waals surface area contributed by atoms with E-state index in [-0.39, 0.29) is 6.04 Å². The first kappa shape index (κ1) is 18.5. The van der Waals surface area contributed by atoms with Crippen molar-refractivity contribution in [2.45, 2.75) is 13.0 Å². The second-order valence-corrected chi connectivity index (χ2v) is 8.99. The molecule has 0 radical (unpaired) electrons. The second-order valence-electron chi connectivity index (χ2n) is 6.80. The van der Waals surface area contributed by atoms with E-state index in [1.165, 1.54) is 27.2 Å². The third-order valence-electron chi connectivity index (χ3n) is 4.85. The molecule has 0 fully saturated rings. The van der Waals surface area contributed by atoms with Crippen molar-refractivity contribution in [3.05, 3.63) is 121 Å². The third kappa shape index (κ3) is 4.16. The first-order valence-electron chi connectivity index (χ1n) is 9.63. The van der Waals surface area contributed by atoms with Gasteiger partial charge in [-0.15, -0.1) is 0 Å². The van der Waals surface area contributed by atoms with Gasteiger partial charge in [-0.05, 0) is 37.1 Å². The molecule has 0 aliphatic rings. The Morgan fingerprint density at radius 1 is 0.571 bits per heavy atom. The Labute approximate surface area is 168 Å². The summed E-state index contributed by atoms with van der Waals surface area (Å²) >= 11 is 0. The zero-order chi connectivity index (χ0) is 19.2. The maximum atomic E-state index is 3.76. The van der Waals surface area contributed by atoms with Crippen molar-refractivity contribution >= 4 is 29.5 Å². The normalized spacial score (nSPS) is 11.9. The lowest BCUT2D eigenvalue weighted by Crippen LogP contribution is -2.23. The molecule has 0 saturated carbocycles. The summed E-state index contributed by atoms with van der Waals surface area (Å²) in [6, 6.07) is 41.3. The third-order valence-corrected chi connectivity index (χ3v) is 7.35. The highest BCUT2D eigenvalue weighted by Crippen LogP contribution is 2.36. The number of hydrogen-bond donors (Lipinski definition) is 1. The molecule has 0 amide bonds. The van der Waals surface area contributed by atoms with Crippen LogP contribution in [-0.4, -0.2) is 0 Å². The summed E-state index contributed by atoms with van der Waals surface area (Å²) in [7, 11) is -0.629. The molecule has 0 heterocycles. The lowest BCUT2D eigenvalue weighted by molar-refractivity contribution is 0.886. The summed E-state index contributed by atoms with van der Waals surface area (Å²) < 4.78 is 0. The molecule has 0 spiro atoms. The molecule has 0 aliphatic heterocycles. The predicted octanol–water partition coefficient (Wildman–Crippen LogP) is 5.62. The van der Waals surface area contributed by atoms with E-state index in [0.717, 1.165) is 0 Å². The van der Waals surface area contributed by atoms with E-state index in [2.05, 4.69) is 128 Å². The minimum absolute atomic E-state index is 0.241. The van der Waals surface area contributed by atoms with Gasteiger partial charge in [0.05, 0.1) is 0 Å². The summed E-state index contributed by atoms with van der Waals surface area (Å²) in [5, 5.41) is 7.85. The fourth-order valence-electron chi connectivity index (χ4n) is 3.43. The number of rotatable bonds is 6. The van der Waals surface area contributed by atoms with Crippen LogP contribution in [-0.2, 0) is 0 Å². The van der Waals surface area contributed by atoms with Crippen LogP contribution in [0.5, 0.6) is 0 Å². The minimum atomic E-state index is -0.629. The SMILES string of the molecule is C[C@H](Nc1ccccc1P(c1ccccc1)c1ccccc1)c1ccccc1. The number of anilines is 1. The van der Waals surface area contributed by atoms with E-state index < -0.39 is 7.92 Å². The largest absolute Gasteiger partial charge is 0.378 e. The Morgan fingerprint density at radius 2 is 1.04 bits per heavy atom. The van der Waals surface area contributed by atoms with E-state index in [4.69, 9.17) is 0 Å². The molecule has 0 aliphatic carbocycles. The van der Waals surface area contributed by atoms with Crippen LogP contribution >= 0.6 is 7.92 Å². The Kier molecular flexibility index (Phi) is 5.85. The topological polar surface area (TPSA) is 12.0 Å². The first-order valence-corrected chi connectivity index (χ1v) is 11.0. The Bertz CT molecular complexity index is 961. The van der Waals surface area contributed by atoms with Crippen molar-refractivity contribution in [2.24, 2.45) is 0 Å². The molecule has 0 unspecified atom stereocenters. The smallest absolute Gasteiger partial charge is 0.0485 e. The van der Waals surface area contributed by atoms with Crippen LogP contribution in [0.25, 0.3) is 0 Å². The van der Waals surface area contributed by atoms with Crippen LogP contribution in [0.1, 0.15) is 18.5 Å². The molecular formula is C26H24NP. The number of nitrogens with one attached hydrogen (secondary N) is 1. The zero-order valence-electron chi connectivity index (χ0n) is 16.0. The van der Waals surface area contributed by atoms with Crippen LogP contribution in [0.4, 0.5) is 5.69 Å². The van der Waals surface area contributed by atoms with Crippen molar-refractivity contribution in [3.63, 3.8) is 0 Å². The molecule has 0 aromatic heterocycles. The van der Waals surface area contributed by atoms with E-state index in [9.17, 15) is 0 Å². The van der Waals surface area contributed by atoms with E-state index in [1.807, 2.05) is 0 Å². The molecule has 1 N–H and O–H groups in total. The zero-order valence-corrected chi connectivity index (χ0v) is 16.9. The summed E-state index contributed by atoms with van der Waals surface area (Å²) in [5.41, 5.74) is 2.50. The lowest BCUT2D eigenvalue weighted by Gasteiger charge is -2.25. The van der Waals surface area contributed by atoms with Gasteiger partial charge in [0.2, 0.25) is 0 Å². The van der Waals surface area contributed by atoms with Gasteiger partial charge in [0.1, 0.15) is 0 Å². The molecule has 4 rings (SSSR count). The monoisotopic (exact) mass is 381 g/mol. The van der Waals surface area contributed by atoms with Gasteiger partial charge in [0, 0.05) is 17.0 Å². The maximum Gasteiger partial charge on any atom is 0.0485 e. The summed E-state index contributed by atoms with van der Waals surface area (Å²) in [4.78, 5) is 0. The van der Waals surface area contributed by atoms with Gasteiger partial charge in [0.15, 0.2) is 0 Å². The second kappa shape index (κ2) is 8.87. The molecule has 1 nitrogen and oxygen atoms in total. The molecule has 0 saturated heterocycles. The van der Waals surface area contributed by atoms with E-state index in [1.54, 1.807) is 0 Å². The van der Waals surface area contributed by atoms with Gasteiger partial charge < -0.3 is 5.32 Å². The molecule has 1 atom stereocenters. The van der Waals surface area contributed by atoms with Crippen LogP contribution in [0.15, 0.2) is 115 Å². The quantitative estimate of drug-likeness (QED) is 0.428. The number of hydrogen-bond acceptors (Lipinski definition) is 1. The number of para-hydroxylation sites is 1. The van der Waals surface area contributed by atoms with Gasteiger partial charge in [-0.3, -0.25) is 0 Å². The lowest BCUT2D eigenvalue weighted by atomic mass is 10.1. The molecule has 138 valence electrons. The van der Waals surface area contributed by atoms with Crippen molar-refractivity contribution in [1.29, 1.82) is 0 Å². The summed E-state index contributed by atoms with van der Waals surface area (Å²) in [5.74, 6) is 0. The standard InChI is InChI=1S/C26H24NP/c1-21(22-13-5-2-6-14-22)27-25-19-11-12-20-26(25)28(23-15-7-3-8-16-23)24-17-9-4-10-18-24/h2-21,27H,1H3/t21-/m0/s1. The van der Waals surface area contributed by atoms with Crippen LogP contribution < -0.4 is 21.2 Å². The minimum Gasteiger partial charge on any atom is -0.378 e. The molecule has 4 aromatic carbocycles. The molecule has 0 bridgehead atoms. The summed E-state index contributed by atoms with van der Waals surface area (Å²) in [6.07, 6.45) is 0. The highest BCUT2D eigenvalue weighted by Gasteiger charge is 2.20. The van der Waals surface area contributed by atoms with Crippen molar-refractivity contribution in [3.8, 4) is 0 Å². The van der Waals surface area contributed by atoms with Crippen LogP contribution in [0.3, 0.4) is 0 Å². The Balaban J connectivity index is 1.76. The van der Waals surface area contributed by atoms with E-state index >= 15 is 0 Å². The van der Waals surface area contributed by atoms with Crippen molar-refractivity contribution in [1.82, 2.24) is 0 Å². The average Bonchev–Trinajstić information content (AvgIpc) is 2.77. The van der Waals surface area contributed by atoms with Crippen molar-refractivity contribution in [2.75, 3.05) is 5.32 Å². The fourth-order valence-corrected chi connectivity index (χ4v) is 5.84. The van der Waals surface area contributed by atoms with Gasteiger partial charge >= 0.3 is 0 Å². The van der Waals surface area contributed by atoms with Crippen LogP contribution in [0.2, 0.25) is 0 Å². The Hall–Kier alpha value is -2.89. The molecule has 2 heteroatoms.